The Bertz CT molecular complexity index is 1260. The third-order valence-electron chi connectivity index (χ3n) is 6.73. The Hall–Kier alpha value is -4.33. The zero-order valence-corrected chi connectivity index (χ0v) is 22.4. The van der Waals surface area contributed by atoms with E-state index in [0.717, 1.165) is 5.56 Å². The van der Waals surface area contributed by atoms with Crippen molar-refractivity contribution in [1.29, 1.82) is 0 Å². The summed E-state index contributed by atoms with van der Waals surface area (Å²) in [5.74, 6) is -4.82. The maximum absolute atomic E-state index is 13.8. The van der Waals surface area contributed by atoms with Crippen LogP contribution in [0.25, 0.3) is 0 Å². The van der Waals surface area contributed by atoms with Gasteiger partial charge in [-0.3, -0.25) is 29.0 Å². The second-order valence-electron chi connectivity index (χ2n) is 10.3. The Morgan fingerprint density at radius 1 is 1.02 bits per heavy atom. The molecule has 0 radical (unpaired) electrons. The lowest BCUT2D eigenvalue weighted by molar-refractivity contribution is -0.186. The lowest BCUT2D eigenvalue weighted by atomic mass is 9.61. The number of hydrogen-bond donors (Lipinski definition) is 3. The Balaban J connectivity index is 1.65. The van der Waals surface area contributed by atoms with Gasteiger partial charge in [0.05, 0.1) is 19.0 Å². The molecule has 3 amide bonds. The third-order valence-corrected chi connectivity index (χ3v) is 6.73. The van der Waals surface area contributed by atoms with Crippen LogP contribution in [0.15, 0.2) is 48.9 Å². The normalized spacial score (nSPS) is 23.3. The summed E-state index contributed by atoms with van der Waals surface area (Å²) in [6, 6.07) is 7.91. The Morgan fingerprint density at radius 2 is 1.70 bits per heavy atom. The standard InChI is InChI=1S/C26H31BN5O8/c1-16(2)11-20(27-38-21(33)13-26(40-27,25(37)28-3)14-22(34)39-27)32-23(35)18(12-17-7-5-4-6-8-17)31-24(36)19-15-29-9-10-30-19/h4-10,15-16,18,20H,11-14H2,1-3H3,(H,28,37)(H,31,36)(H,32,35)/q-1/t18-,20?,26?,27?/m0/s1. The zero-order chi connectivity index (χ0) is 28.9. The summed E-state index contributed by atoms with van der Waals surface area (Å²) in [4.78, 5) is 72.8. The first kappa shape index (κ1) is 28.7. The van der Waals surface area contributed by atoms with Gasteiger partial charge in [-0.15, -0.1) is 0 Å². The first-order chi connectivity index (χ1) is 19.1. The van der Waals surface area contributed by atoms with Crippen LogP contribution in [-0.2, 0) is 39.6 Å². The van der Waals surface area contributed by atoms with Gasteiger partial charge in [-0.25, -0.2) is 4.98 Å². The molecular weight excluding hydrogens is 521 g/mol. The quantitative estimate of drug-likeness (QED) is 0.346. The van der Waals surface area contributed by atoms with Crippen LogP contribution in [-0.4, -0.2) is 71.0 Å². The highest BCUT2D eigenvalue weighted by atomic mass is 16.8. The van der Waals surface area contributed by atoms with Crippen molar-refractivity contribution in [1.82, 2.24) is 25.9 Å². The number of carbonyl (C=O) groups is 5. The van der Waals surface area contributed by atoms with Crippen molar-refractivity contribution in [3.8, 4) is 0 Å². The minimum absolute atomic E-state index is 0.0102. The highest BCUT2D eigenvalue weighted by molar-refractivity contribution is 6.67. The molecule has 1 aromatic carbocycles. The zero-order valence-electron chi connectivity index (χ0n) is 22.4. The van der Waals surface area contributed by atoms with E-state index in [9.17, 15) is 24.0 Å². The Kier molecular flexibility index (Phi) is 8.47. The van der Waals surface area contributed by atoms with Crippen molar-refractivity contribution in [3.05, 3.63) is 60.2 Å². The maximum atomic E-state index is 13.8. The number of carbonyl (C=O) groups excluding carboxylic acids is 5. The van der Waals surface area contributed by atoms with Gasteiger partial charge in [-0.05, 0) is 11.5 Å². The first-order valence-corrected chi connectivity index (χ1v) is 13.0. The minimum Gasteiger partial charge on any atom is -0.632 e. The molecule has 3 N–H and O–H groups in total. The molecular formula is C26H31BN5O8-. The van der Waals surface area contributed by atoms with E-state index in [1.165, 1.54) is 25.6 Å². The van der Waals surface area contributed by atoms with Crippen LogP contribution in [0.2, 0.25) is 0 Å². The molecule has 2 aliphatic rings. The topological polar surface area (TPSA) is 175 Å². The predicted octanol–water partition coefficient (Wildman–Crippen LogP) is 0.222. The summed E-state index contributed by atoms with van der Waals surface area (Å²) < 4.78 is 17.1. The molecule has 2 atom stereocenters. The molecule has 2 aromatic rings. The molecule has 2 bridgehead atoms. The van der Waals surface area contributed by atoms with E-state index in [-0.39, 0.29) is 24.5 Å². The third kappa shape index (κ3) is 6.28. The van der Waals surface area contributed by atoms with E-state index in [2.05, 4.69) is 25.9 Å². The number of fused-ring (bicyclic) bond motifs is 2. The fourth-order valence-corrected chi connectivity index (χ4v) is 4.96. The second-order valence-corrected chi connectivity index (χ2v) is 10.3. The van der Waals surface area contributed by atoms with Gasteiger partial charge in [0, 0.05) is 31.8 Å². The summed E-state index contributed by atoms with van der Waals surface area (Å²) in [5, 5.41) is 7.89. The van der Waals surface area contributed by atoms with E-state index >= 15 is 0 Å². The van der Waals surface area contributed by atoms with Crippen molar-refractivity contribution in [2.45, 2.75) is 57.1 Å². The molecule has 0 spiro atoms. The predicted molar refractivity (Wildman–Crippen MR) is 140 cm³/mol. The number of hydrogen-bond acceptors (Lipinski definition) is 10. The fraction of sp³-hybridized carbons (Fsp3) is 0.423. The largest absolute Gasteiger partial charge is 0.632 e. The molecule has 2 fully saturated rings. The molecule has 3 heterocycles. The van der Waals surface area contributed by atoms with Gasteiger partial charge in [0.1, 0.15) is 17.3 Å². The summed E-state index contributed by atoms with van der Waals surface area (Å²) in [5.41, 5.74) is -1.06. The van der Waals surface area contributed by atoms with E-state index in [4.69, 9.17) is 14.0 Å². The second kappa shape index (κ2) is 11.8. The number of nitrogens with one attached hydrogen (secondary N) is 3. The molecule has 1 aromatic heterocycles. The number of likely N-dealkylation sites (N-methyl/N-ethyl adjacent to an activating group) is 1. The molecule has 2 saturated heterocycles. The average molecular weight is 552 g/mol. The van der Waals surface area contributed by atoms with Gasteiger partial charge in [-0.1, -0.05) is 50.6 Å². The van der Waals surface area contributed by atoms with E-state index in [0.29, 0.717) is 0 Å². The first-order valence-electron chi connectivity index (χ1n) is 13.0. The summed E-state index contributed by atoms with van der Waals surface area (Å²) in [6.45, 7) is 0.441. The molecule has 0 saturated carbocycles. The van der Waals surface area contributed by atoms with Crippen molar-refractivity contribution >= 4 is 36.4 Å². The smallest absolute Gasteiger partial charge is 0.518 e. The van der Waals surface area contributed by atoms with Crippen molar-refractivity contribution in [2.24, 2.45) is 5.92 Å². The van der Waals surface area contributed by atoms with Crippen LogP contribution < -0.4 is 16.0 Å². The molecule has 212 valence electrons. The van der Waals surface area contributed by atoms with Crippen LogP contribution in [0, 0.1) is 5.92 Å². The van der Waals surface area contributed by atoms with Crippen LogP contribution in [0.3, 0.4) is 0 Å². The van der Waals surface area contributed by atoms with Crippen molar-refractivity contribution < 1.29 is 37.9 Å². The molecule has 0 aliphatic carbocycles. The molecule has 13 nitrogen and oxygen atoms in total. The number of aromatic nitrogens is 2. The summed E-state index contributed by atoms with van der Waals surface area (Å²) >= 11 is 0. The summed E-state index contributed by atoms with van der Waals surface area (Å²) in [7, 11) is 1.36. The molecule has 2 aliphatic heterocycles. The lowest BCUT2D eigenvalue weighted by Crippen LogP contribution is -2.75. The molecule has 1 unspecified atom stereocenters. The maximum Gasteiger partial charge on any atom is 0.518 e. The monoisotopic (exact) mass is 552 g/mol. The van der Waals surface area contributed by atoms with Crippen molar-refractivity contribution in [2.75, 3.05) is 7.05 Å². The number of rotatable bonds is 10. The lowest BCUT2D eigenvalue weighted by Gasteiger charge is -2.58. The van der Waals surface area contributed by atoms with Gasteiger partial charge in [-0.2, -0.15) is 0 Å². The van der Waals surface area contributed by atoms with Crippen LogP contribution in [0.4, 0.5) is 0 Å². The fourth-order valence-electron chi connectivity index (χ4n) is 4.96. The molecule has 4 rings (SSSR count). The highest BCUT2D eigenvalue weighted by Crippen LogP contribution is 2.40. The van der Waals surface area contributed by atoms with Gasteiger partial charge < -0.3 is 29.9 Å². The van der Waals surface area contributed by atoms with Gasteiger partial charge in [0.25, 0.3) is 17.8 Å². The van der Waals surface area contributed by atoms with Crippen LogP contribution >= 0.6 is 0 Å². The SMILES string of the molecule is CNC(=O)C12CC(=O)O[B-](C(CC(C)C)NC(=O)[C@H](Cc3ccccc3)NC(=O)c3cnccn3)(OC(=O)C1)O2. The van der Waals surface area contributed by atoms with Crippen LogP contribution in [0.1, 0.15) is 49.2 Å². The minimum atomic E-state index is -3.26. The number of nitrogens with zero attached hydrogens (tertiary/aromatic N) is 2. The van der Waals surface area contributed by atoms with Crippen LogP contribution in [0.5, 0.6) is 0 Å². The Morgan fingerprint density at radius 3 is 2.27 bits per heavy atom. The van der Waals surface area contributed by atoms with Gasteiger partial charge in [0.15, 0.2) is 0 Å². The number of benzene rings is 1. The average Bonchev–Trinajstić information content (AvgIpc) is 2.91. The van der Waals surface area contributed by atoms with Gasteiger partial charge in [0.2, 0.25) is 11.8 Å². The molecule has 14 heteroatoms. The molecule has 40 heavy (non-hydrogen) atoms. The van der Waals surface area contributed by atoms with E-state index in [1.54, 1.807) is 24.3 Å². The number of amides is 3. The van der Waals surface area contributed by atoms with E-state index in [1.807, 2.05) is 19.9 Å². The highest BCUT2D eigenvalue weighted by Gasteiger charge is 2.61. The Labute approximate surface area is 230 Å². The summed E-state index contributed by atoms with van der Waals surface area (Å²) in [6.07, 6.45) is 3.33. The van der Waals surface area contributed by atoms with E-state index < -0.39 is 66.8 Å². The van der Waals surface area contributed by atoms with Crippen molar-refractivity contribution in [3.63, 3.8) is 0 Å². The van der Waals surface area contributed by atoms with Gasteiger partial charge >= 0.3 is 6.75 Å².